The van der Waals surface area contributed by atoms with Gasteiger partial charge < -0.3 is 24.4 Å². The molecule has 1 aromatic rings. The van der Waals surface area contributed by atoms with Gasteiger partial charge in [0.25, 0.3) is 0 Å². The summed E-state index contributed by atoms with van der Waals surface area (Å²) in [6.45, 7) is -0.312. The molecule has 18 heavy (non-hydrogen) atoms. The van der Waals surface area contributed by atoms with Crippen molar-refractivity contribution in [2.75, 3.05) is 33.2 Å². The molecule has 0 saturated heterocycles. The Hall–Kier alpha value is -1.70. The summed E-state index contributed by atoms with van der Waals surface area (Å²) in [5, 5.41) is 17.0. The van der Waals surface area contributed by atoms with E-state index in [0.29, 0.717) is 0 Å². The van der Waals surface area contributed by atoms with Crippen molar-refractivity contribution in [1.29, 1.82) is 0 Å². The lowest BCUT2D eigenvalue weighted by atomic mass is 10.3. The van der Waals surface area contributed by atoms with Gasteiger partial charge in [-0.25, -0.2) is 9.78 Å². The molecule has 0 fully saturated rings. The van der Waals surface area contributed by atoms with Gasteiger partial charge in [0.15, 0.2) is 12.5 Å². The van der Waals surface area contributed by atoms with Gasteiger partial charge in [-0.2, -0.15) is 0 Å². The van der Waals surface area contributed by atoms with E-state index >= 15 is 0 Å². The largest absolute Gasteiger partial charge is 0.459 e. The highest BCUT2D eigenvalue weighted by molar-refractivity contribution is 5.87. The Labute approximate surface area is 104 Å². The molecule has 100 valence electrons. The molecule has 7 heteroatoms. The second-order valence-corrected chi connectivity index (χ2v) is 3.11. The molecular weight excluding hydrogens is 242 g/mol. The number of carbonyl (C=O) groups excluding carboxylic acids is 1. The number of ether oxygens (including phenoxy) is 3. The fourth-order valence-corrected chi connectivity index (χ4v) is 1.05. The molecule has 0 aliphatic carbocycles. The van der Waals surface area contributed by atoms with Gasteiger partial charge in [0.2, 0.25) is 5.88 Å². The Kier molecular flexibility index (Phi) is 6.70. The zero-order valence-electron chi connectivity index (χ0n) is 9.74. The molecule has 1 rings (SSSR count). The summed E-state index contributed by atoms with van der Waals surface area (Å²) in [4.78, 5) is 15.3. The molecule has 2 N–H and O–H groups in total. The fraction of sp³-hybridized carbons (Fsp3) is 0.455. The van der Waals surface area contributed by atoms with Gasteiger partial charge in [0.1, 0.15) is 6.61 Å². The summed E-state index contributed by atoms with van der Waals surface area (Å²) in [6.07, 6.45) is 0. The predicted molar refractivity (Wildman–Crippen MR) is 60.1 cm³/mol. The van der Waals surface area contributed by atoms with E-state index in [1.54, 1.807) is 12.1 Å². The molecule has 0 radical (unpaired) electrons. The summed E-state index contributed by atoms with van der Waals surface area (Å²) in [6, 6.07) is 4.62. The van der Waals surface area contributed by atoms with Gasteiger partial charge >= 0.3 is 5.97 Å². The molecule has 0 aliphatic rings. The summed E-state index contributed by atoms with van der Waals surface area (Å²) in [5.41, 5.74) is 0.0862. The standard InChI is InChI=1S/C11H15NO6/c13-4-6-16-8-18-10-3-1-2-9(12-10)11(15)17-7-5-14/h1-3,13-14H,4-8H2. The minimum absolute atomic E-state index is 0.0668. The average molecular weight is 257 g/mol. The van der Waals surface area contributed by atoms with Crippen LogP contribution < -0.4 is 4.74 Å². The van der Waals surface area contributed by atoms with E-state index in [1.807, 2.05) is 0 Å². The number of hydrogen-bond donors (Lipinski definition) is 2. The van der Waals surface area contributed by atoms with Crippen LogP contribution in [0.25, 0.3) is 0 Å². The van der Waals surface area contributed by atoms with Gasteiger partial charge in [0, 0.05) is 6.07 Å². The van der Waals surface area contributed by atoms with Gasteiger partial charge in [0.05, 0.1) is 19.8 Å². The van der Waals surface area contributed by atoms with Crippen LogP contribution >= 0.6 is 0 Å². The topological polar surface area (TPSA) is 98.1 Å². The maximum atomic E-state index is 11.4. The molecule has 0 atom stereocenters. The number of aromatic nitrogens is 1. The second kappa shape index (κ2) is 8.40. The van der Waals surface area contributed by atoms with Crippen molar-refractivity contribution in [1.82, 2.24) is 4.98 Å². The quantitative estimate of drug-likeness (QED) is 0.370. The van der Waals surface area contributed by atoms with Crippen LogP contribution in [-0.2, 0) is 9.47 Å². The first-order valence-electron chi connectivity index (χ1n) is 5.34. The van der Waals surface area contributed by atoms with Gasteiger partial charge in [-0.1, -0.05) is 6.07 Å². The Morgan fingerprint density at radius 3 is 2.72 bits per heavy atom. The van der Waals surface area contributed by atoms with Crippen molar-refractivity contribution >= 4 is 5.97 Å². The van der Waals surface area contributed by atoms with E-state index < -0.39 is 5.97 Å². The number of aliphatic hydroxyl groups excluding tert-OH is 2. The molecule has 1 heterocycles. The van der Waals surface area contributed by atoms with Crippen molar-refractivity contribution in [3.05, 3.63) is 23.9 Å². The molecule has 0 bridgehead atoms. The molecular formula is C11H15NO6. The summed E-state index contributed by atoms with van der Waals surface area (Å²) in [5.74, 6) is -0.419. The number of nitrogens with zero attached hydrogens (tertiary/aromatic N) is 1. The van der Waals surface area contributed by atoms with E-state index in [4.69, 9.17) is 24.4 Å². The van der Waals surface area contributed by atoms with Crippen LogP contribution in [0.2, 0.25) is 0 Å². The van der Waals surface area contributed by atoms with E-state index in [2.05, 4.69) is 4.98 Å². The lowest BCUT2D eigenvalue weighted by molar-refractivity contribution is -0.00346. The minimum Gasteiger partial charge on any atom is -0.459 e. The molecule has 0 aliphatic heterocycles. The molecule has 0 unspecified atom stereocenters. The maximum Gasteiger partial charge on any atom is 0.357 e. The number of hydrogen-bond acceptors (Lipinski definition) is 7. The third kappa shape index (κ3) is 5.09. The zero-order chi connectivity index (χ0) is 13.2. The molecule has 0 aromatic carbocycles. The van der Waals surface area contributed by atoms with Crippen LogP contribution in [0.5, 0.6) is 5.88 Å². The van der Waals surface area contributed by atoms with Crippen molar-refractivity contribution < 1.29 is 29.2 Å². The summed E-state index contributed by atoms with van der Waals surface area (Å²) >= 11 is 0. The van der Waals surface area contributed by atoms with Gasteiger partial charge in [-0.05, 0) is 6.07 Å². The zero-order valence-corrected chi connectivity index (χ0v) is 9.74. The predicted octanol–water partition coefficient (Wildman–Crippen LogP) is -0.424. The Morgan fingerprint density at radius 1 is 1.22 bits per heavy atom. The minimum atomic E-state index is -0.634. The monoisotopic (exact) mass is 257 g/mol. The lowest BCUT2D eigenvalue weighted by Gasteiger charge is -2.07. The Morgan fingerprint density at radius 2 is 2.00 bits per heavy atom. The average Bonchev–Trinajstić information content (AvgIpc) is 2.41. The number of carbonyl (C=O) groups is 1. The van der Waals surface area contributed by atoms with E-state index in [1.165, 1.54) is 6.07 Å². The second-order valence-electron chi connectivity index (χ2n) is 3.11. The van der Waals surface area contributed by atoms with Crippen LogP contribution in [0.1, 0.15) is 10.5 Å². The van der Waals surface area contributed by atoms with Crippen LogP contribution in [0.4, 0.5) is 0 Å². The lowest BCUT2D eigenvalue weighted by Crippen LogP contribution is -2.12. The van der Waals surface area contributed by atoms with Crippen molar-refractivity contribution in [2.24, 2.45) is 0 Å². The highest BCUT2D eigenvalue weighted by atomic mass is 16.7. The van der Waals surface area contributed by atoms with Crippen LogP contribution in [0.15, 0.2) is 18.2 Å². The molecule has 7 nitrogen and oxygen atoms in total. The first-order valence-corrected chi connectivity index (χ1v) is 5.34. The first kappa shape index (κ1) is 14.4. The number of rotatable bonds is 8. The van der Waals surface area contributed by atoms with Crippen molar-refractivity contribution in [2.45, 2.75) is 0 Å². The molecule has 0 spiro atoms. The number of pyridine rings is 1. The summed E-state index contributed by atoms with van der Waals surface area (Å²) in [7, 11) is 0. The van der Waals surface area contributed by atoms with E-state index in [9.17, 15) is 4.79 Å². The molecule has 0 saturated carbocycles. The smallest absolute Gasteiger partial charge is 0.357 e. The maximum absolute atomic E-state index is 11.4. The van der Waals surface area contributed by atoms with Crippen molar-refractivity contribution in [3.8, 4) is 5.88 Å². The van der Waals surface area contributed by atoms with E-state index in [0.717, 1.165) is 0 Å². The summed E-state index contributed by atoms with van der Waals surface area (Å²) < 4.78 is 14.7. The third-order valence-electron chi connectivity index (χ3n) is 1.78. The highest BCUT2D eigenvalue weighted by Crippen LogP contribution is 2.08. The SMILES string of the molecule is O=C(OCCO)c1cccc(OCOCCO)n1. The van der Waals surface area contributed by atoms with Crippen molar-refractivity contribution in [3.63, 3.8) is 0 Å². The Balaban J connectivity index is 2.48. The van der Waals surface area contributed by atoms with Crippen LogP contribution in [-0.4, -0.2) is 54.4 Å². The number of esters is 1. The van der Waals surface area contributed by atoms with Gasteiger partial charge in [-0.15, -0.1) is 0 Å². The van der Waals surface area contributed by atoms with Crippen LogP contribution in [0.3, 0.4) is 0 Å². The normalized spacial score (nSPS) is 10.1. The number of aliphatic hydroxyl groups is 2. The molecule has 1 aromatic heterocycles. The third-order valence-corrected chi connectivity index (χ3v) is 1.78. The fourth-order valence-electron chi connectivity index (χ4n) is 1.05. The van der Waals surface area contributed by atoms with Crippen LogP contribution in [0, 0.1) is 0 Å². The first-order chi connectivity index (χ1) is 8.77. The molecule has 0 amide bonds. The van der Waals surface area contributed by atoms with Gasteiger partial charge in [-0.3, -0.25) is 0 Å². The van der Waals surface area contributed by atoms with E-state index in [-0.39, 0.29) is 44.8 Å². The Bertz CT molecular complexity index is 370. The highest BCUT2D eigenvalue weighted by Gasteiger charge is 2.09.